The van der Waals surface area contributed by atoms with Crippen LogP contribution in [0.15, 0.2) is 0 Å². The Balaban J connectivity index is 3.79. The number of rotatable bonds is 6. The minimum atomic E-state index is -0.584. The summed E-state index contributed by atoms with van der Waals surface area (Å²) in [5, 5.41) is 10.6. The first kappa shape index (κ1) is 13.4. The van der Waals surface area contributed by atoms with Gasteiger partial charge in [-0.1, -0.05) is 29.3 Å². The van der Waals surface area contributed by atoms with E-state index in [1.807, 2.05) is 13.8 Å². The van der Waals surface area contributed by atoms with Crippen molar-refractivity contribution in [1.29, 1.82) is 0 Å². The van der Waals surface area contributed by atoms with E-state index in [1.165, 1.54) is 6.42 Å². The Hall–Kier alpha value is 0.400. The summed E-state index contributed by atoms with van der Waals surface area (Å²) < 4.78 is 0. The Morgan fingerprint density at radius 2 is 2.00 bits per heavy atom. The molecule has 0 bridgehead atoms. The van der Waals surface area contributed by atoms with Crippen molar-refractivity contribution in [2.45, 2.75) is 32.8 Å². The van der Waals surface area contributed by atoms with Gasteiger partial charge in [0, 0.05) is 18.4 Å². The van der Waals surface area contributed by atoms with Crippen LogP contribution in [0.2, 0.25) is 0 Å². The van der Waals surface area contributed by atoms with Crippen molar-refractivity contribution in [3.05, 3.63) is 0 Å². The lowest BCUT2D eigenvalue weighted by atomic mass is 10.1. The van der Waals surface area contributed by atoms with Gasteiger partial charge in [0.05, 0.1) is 5.60 Å². The van der Waals surface area contributed by atoms with E-state index in [9.17, 15) is 5.11 Å². The van der Waals surface area contributed by atoms with Crippen molar-refractivity contribution in [2.24, 2.45) is 5.92 Å². The highest BCUT2D eigenvalue weighted by Crippen LogP contribution is 2.10. The van der Waals surface area contributed by atoms with Gasteiger partial charge in [0.1, 0.15) is 0 Å². The van der Waals surface area contributed by atoms with Crippen LogP contribution in [0, 0.1) is 5.92 Å². The first-order chi connectivity index (χ1) is 5.89. The van der Waals surface area contributed by atoms with E-state index in [4.69, 9.17) is 0 Å². The minimum absolute atomic E-state index is 0.584. The monoisotopic (exact) mass is 251 g/mol. The van der Waals surface area contributed by atoms with E-state index in [1.54, 1.807) is 0 Å². The Bertz CT molecular complexity index is 129. The standard InChI is InChI=1S/C10H22BrNO/c1-5-9(6-11)7-12(4)8-10(2,3)13/h9,13H,5-8H2,1-4H3. The molecule has 0 rings (SSSR count). The summed E-state index contributed by atoms with van der Waals surface area (Å²) in [4.78, 5) is 2.19. The SMILES string of the molecule is CCC(CBr)CN(C)CC(C)(C)O. The number of aliphatic hydroxyl groups is 1. The molecule has 0 saturated heterocycles. The summed E-state index contributed by atoms with van der Waals surface area (Å²) in [5.41, 5.74) is -0.584. The number of nitrogens with zero attached hydrogens (tertiary/aromatic N) is 1. The van der Waals surface area contributed by atoms with E-state index < -0.39 is 5.60 Å². The molecule has 3 heteroatoms. The van der Waals surface area contributed by atoms with Gasteiger partial charge in [-0.15, -0.1) is 0 Å². The predicted octanol–water partition coefficient (Wildman–Crippen LogP) is 2.11. The van der Waals surface area contributed by atoms with Gasteiger partial charge in [0.15, 0.2) is 0 Å². The largest absolute Gasteiger partial charge is 0.389 e. The lowest BCUT2D eigenvalue weighted by Gasteiger charge is -2.27. The normalized spacial score (nSPS) is 15.0. The third-order valence-electron chi connectivity index (χ3n) is 2.02. The van der Waals surface area contributed by atoms with Gasteiger partial charge in [0.2, 0.25) is 0 Å². The molecule has 0 aliphatic carbocycles. The van der Waals surface area contributed by atoms with Crippen molar-refractivity contribution in [3.63, 3.8) is 0 Å². The lowest BCUT2D eigenvalue weighted by molar-refractivity contribution is 0.0410. The van der Waals surface area contributed by atoms with Crippen molar-refractivity contribution in [3.8, 4) is 0 Å². The Kier molecular flexibility index (Phi) is 6.18. The van der Waals surface area contributed by atoms with Crippen LogP contribution in [0.4, 0.5) is 0 Å². The molecule has 0 fully saturated rings. The van der Waals surface area contributed by atoms with E-state index >= 15 is 0 Å². The maximum atomic E-state index is 9.59. The van der Waals surface area contributed by atoms with E-state index in [2.05, 4.69) is 34.8 Å². The van der Waals surface area contributed by atoms with Gasteiger partial charge in [-0.3, -0.25) is 0 Å². The van der Waals surface area contributed by atoms with Crippen molar-refractivity contribution in [1.82, 2.24) is 4.90 Å². The topological polar surface area (TPSA) is 23.5 Å². The van der Waals surface area contributed by atoms with Crippen LogP contribution in [0.25, 0.3) is 0 Å². The molecule has 0 aliphatic heterocycles. The molecular weight excluding hydrogens is 230 g/mol. The van der Waals surface area contributed by atoms with Crippen LogP contribution in [0.5, 0.6) is 0 Å². The predicted molar refractivity (Wildman–Crippen MR) is 61.4 cm³/mol. The minimum Gasteiger partial charge on any atom is -0.389 e. The number of alkyl halides is 1. The molecule has 0 aromatic rings. The van der Waals surface area contributed by atoms with Crippen molar-refractivity contribution in [2.75, 3.05) is 25.5 Å². The van der Waals surface area contributed by atoms with Gasteiger partial charge in [0.25, 0.3) is 0 Å². The maximum absolute atomic E-state index is 9.59. The molecule has 0 saturated carbocycles. The highest BCUT2D eigenvalue weighted by atomic mass is 79.9. The molecule has 13 heavy (non-hydrogen) atoms. The summed E-state index contributed by atoms with van der Waals surface area (Å²) in [6, 6.07) is 0. The first-order valence-electron chi connectivity index (χ1n) is 4.86. The molecule has 0 aromatic heterocycles. The second-order valence-corrected chi connectivity index (χ2v) is 5.09. The number of likely N-dealkylation sites (N-methyl/N-ethyl adjacent to an activating group) is 1. The van der Waals surface area contributed by atoms with Crippen LogP contribution < -0.4 is 0 Å². The average molecular weight is 252 g/mol. The summed E-state index contributed by atoms with van der Waals surface area (Å²) in [7, 11) is 2.06. The summed E-state index contributed by atoms with van der Waals surface area (Å²) >= 11 is 3.49. The van der Waals surface area contributed by atoms with E-state index in [-0.39, 0.29) is 0 Å². The van der Waals surface area contributed by atoms with Crippen molar-refractivity contribution < 1.29 is 5.11 Å². The molecule has 0 heterocycles. The van der Waals surface area contributed by atoms with Gasteiger partial charge < -0.3 is 10.0 Å². The lowest BCUT2D eigenvalue weighted by Crippen LogP contribution is -2.38. The Morgan fingerprint density at radius 3 is 2.31 bits per heavy atom. The Morgan fingerprint density at radius 1 is 1.46 bits per heavy atom. The zero-order valence-electron chi connectivity index (χ0n) is 9.18. The molecule has 1 N–H and O–H groups in total. The van der Waals surface area contributed by atoms with Crippen LogP contribution >= 0.6 is 15.9 Å². The molecule has 1 atom stereocenters. The molecule has 0 amide bonds. The van der Waals surface area contributed by atoms with Crippen LogP contribution in [0.1, 0.15) is 27.2 Å². The molecule has 1 unspecified atom stereocenters. The second kappa shape index (κ2) is 5.99. The Labute approximate surface area is 90.4 Å². The molecule has 80 valence electrons. The fourth-order valence-corrected chi connectivity index (χ4v) is 2.12. The second-order valence-electron chi connectivity index (χ2n) is 4.44. The molecule has 0 radical (unpaired) electrons. The molecule has 0 spiro atoms. The van der Waals surface area contributed by atoms with Crippen molar-refractivity contribution >= 4 is 15.9 Å². The highest BCUT2D eigenvalue weighted by molar-refractivity contribution is 9.09. The van der Waals surface area contributed by atoms with Gasteiger partial charge in [-0.05, 0) is 26.8 Å². The smallest absolute Gasteiger partial charge is 0.0718 e. The molecule has 2 nitrogen and oxygen atoms in total. The zero-order chi connectivity index (χ0) is 10.5. The van der Waals surface area contributed by atoms with Crippen LogP contribution in [-0.4, -0.2) is 41.1 Å². The van der Waals surface area contributed by atoms with Gasteiger partial charge in [-0.25, -0.2) is 0 Å². The summed E-state index contributed by atoms with van der Waals surface area (Å²) in [6.45, 7) is 7.67. The van der Waals surface area contributed by atoms with Crippen LogP contribution in [0.3, 0.4) is 0 Å². The fraction of sp³-hybridized carbons (Fsp3) is 1.00. The third kappa shape index (κ3) is 7.47. The maximum Gasteiger partial charge on any atom is 0.0718 e. The molecule has 0 aromatic carbocycles. The van der Waals surface area contributed by atoms with Gasteiger partial charge in [-0.2, -0.15) is 0 Å². The van der Waals surface area contributed by atoms with E-state index in [0.29, 0.717) is 5.92 Å². The molecule has 0 aliphatic rings. The fourth-order valence-electron chi connectivity index (χ4n) is 1.45. The molecular formula is C10H22BrNO. The van der Waals surface area contributed by atoms with Gasteiger partial charge >= 0.3 is 0 Å². The quantitative estimate of drug-likeness (QED) is 0.732. The number of hydrogen-bond donors (Lipinski definition) is 1. The first-order valence-corrected chi connectivity index (χ1v) is 5.98. The average Bonchev–Trinajstić information content (AvgIpc) is 1.96. The third-order valence-corrected chi connectivity index (χ3v) is 2.94. The highest BCUT2D eigenvalue weighted by Gasteiger charge is 2.17. The van der Waals surface area contributed by atoms with Crippen LogP contribution in [-0.2, 0) is 0 Å². The summed E-state index contributed by atoms with van der Waals surface area (Å²) in [5.74, 6) is 0.687. The zero-order valence-corrected chi connectivity index (χ0v) is 10.8. The summed E-state index contributed by atoms with van der Waals surface area (Å²) in [6.07, 6.45) is 1.18. The number of halogens is 1. The van der Waals surface area contributed by atoms with E-state index in [0.717, 1.165) is 18.4 Å². The number of hydrogen-bond acceptors (Lipinski definition) is 2.